The second-order valence-electron chi connectivity index (χ2n) is 3.84. The number of anilines is 1. The molecule has 0 amide bonds. The van der Waals surface area contributed by atoms with Crippen molar-refractivity contribution in [3.05, 3.63) is 57.8 Å². The second-order valence-corrected chi connectivity index (χ2v) is 3.84. The van der Waals surface area contributed by atoms with E-state index in [1.165, 1.54) is 6.07 Å². The van der Waals surface area contributed by atoms with E-state index in [0.717, 1.165) is 0 Å². The first-order valence-electron chi connectivity index (χ1n) is 5.61. The number of hydrogen-bond acceptors (Lipinski definition) is 4. The van der Waals surface area contributed by atoms with Crippen LogP contribution in [0.1, 0.15) is 28.7 Å². The zero-order valence-electron chi connectivity index (χ0n) is 9.93. The number of aryl methyl sites for hydroxylation is 1. The monoisotopic (exact) mass is 243 g/mol. The van der Waals surface area contributed by atoms with Crippen LogP contribution in [0.4, 0.5) is 5.69 Å². The Morgan fingerprint density at radius 3 is 2.83 bits per heavy atom. The summed E-state index contributed by atoms with van der Waals surface area (Å²) in [5.41, 5.74) is 6.51. The van der Waals surface area contributed by atoms with Crippen molar-refractivity contribution in [2.45, 2.75) is 13.3 Å². The van der Waals surface area contributed by atoms with Gasteiger partial charge in [0.25, 0.3) is 5.56 Å². The Hall–Kier alpha value is -2.43. The van der Waals surface area contributed by atoms with Crippen LogP contribution in [0.15, 0.2) is 35.3 Å². The van der Waals surface area contributed by atoms with Gasteiger partial charge in [-0.2, -0.15) is 0 Å². The van der Waals surface area contributed by atoms with Gasteiger partial charge in [-0.25, -0.2) is 0 Å². The maximum Gasteiger partial charge on any atom is 0.271 e. The molecule has 0 saturated carbocycles. The fraction of sp³-hybridized carbons (Fsp3) is 0.154. The molecule has 0 saturated heterocycles. The molecule has 0 bridgehead atoms. The molecule has 0 spiro atoms. The van der Waals surface area contributed by atoms with Gasteiger partial charge < -0.3 is 10.7 Å². The van der Waals surface area contributed by atoms with E-state index in [1.54, 1.807) is 24.4 Å². The largest absolute Gasteiger partial charge is 0.394 e. The van der Waals surface area contributed by atoms with E-state index in [0.29, 0.717) is 23.4 Å². The molecule has 3 N–H and O–H groups in total. The molecule has 92 valence electrons. The Balaban J connectivity index is 2.54. The van der Waals surface area contributed by atoms with E-state index >= 15 is 0 Å². The standard InChI is InChI=1S/C13H13N3O2/c1-2-10-8(7-9(14)13(18)16-10)12(17)11-5-3-4-6-15-11/h3-7H,2,14H2,1H3,(H,16,18). The Labute approximate surface area is 104 Å². The van der Waals surface area contributed by atoms with Gasteiger partial charge >= 0.3 is 0 Å². The van der Waals surface area contributed by atoms with Gasteiger partial charge in [0.15, 0.2) is 0 Å². The number of carbonyl (C=O) groups excluding carboxylic acids is 1. The zero-order valence-corrected chi connectivity index (χ0v) is 9.93. The summed E-state index contributed by atoms with van der Waals surface area (Å²) in [6, 6.07) is 6.51. The Bertz CT molecular complexity index is 632. The Kier molecular flexibility index (Phi) is 3.23. The third-order valence-electron chi connectivity index (χ3n) is 2.65. The van der Waals surface area contributed by atoms with Gasteiger partial charge in [-0.3, -0.25) is 14.6 Å². The van der Waals surface area contributed by atoms with Crippen LogP contribution in [-0.4, -0.2) is 15.8 Å². The molecule has 0 fully saturated rings. The SMILES string of the molecule is CCc1[nH]c(=O)c(N)cc1C(=O)c1ccccn1. The van der Waals surface area contributed by atoms with Crippen molar-refractivity contribution in [2.24, 2.45) is 0 Å². The third-order valence-corrected chi connectivity index (χ3v) is 2.65. The number of nitrogens with two attached hydrogens (primary N) is 1. The number of H-pyrrole nitrogens is 1. The molecule has 18 heavy (non-hydrogen) atoms. The molecule has 0 radical (unpaired) electrons. The summed E-state index contributed by atoms with van der Waals surface area (Å²) in [7, 11) is 0. The maximum absolute atomic E-state index is 12.2. The molecule has 5 heteroatoms. The van der Waals surface area contributed by atoms with Crippen molar-refractivity contribution in [2.75, 3.05) is 5.73 Å². The van der Waals surface area contributed by atoms with Gasteiger partial charge in [0, 0.05) is 17.5 Å². The lowest BCUT2D eigenvalue weighted by molar-refractivity contribution is 0.103. The van der Waals surface area contributed by atoms with E-state index in [4.69, 9.17) is 5.73 Å². The number of carbonyl (C=O) groups is 1. The normalized spacial score (nSPS) is 10.3. The first-order chi connectivity index (χ1) is 8.63. The van der Waals surface area contributed by atoms with Gasteiger partial charge in [0.2, 0.25) is 5.78 Å². The van der Waals surface area contributed by atoms with Crippen molar-refractivity contribution in [3.63, 3.8) is 0 Å². The van der Waals surface area contributed by atoms with Gasteiger partial charge in [0.05, 0.1) is 5.69 Å². The predicted molar refractivity (Wildman–Crippen MR) is 68.5 cm³/mol. The summed E-state index contributed by atoms with van der Waals surface area (Å²) in [6.45, 7) is 1.86. The molecule has 0 unspecified atom stereocenters. The highest BCUT2D eigenvalue weighted by molar-refractivity contribution is 6.08. The van der Waals surface area contributed by atoms with Gasteiger partial charge in [-0.1, -0.05) is 13.0 Å². The minimum atomic E-state index is -0.371. The average Bonchev–Trinajstić information content (AvgIpc) is 2.41. The van der Waals surface area contributed by atoms with Crippen LogP contribution in [0, 0.1) is 0 Å². The molecule has 2 heterocycles. The Morgan fingerprint density at radius 2 is 2.22 bits per heavy atom. The molecule has 2 rings (SSSR count). The van der Waals surface area contributed by atoms with Crippen LogP contribution in [0.2, 0.25) is 0 Å². The van der Waals surface area contributed by atoms with E-state index in [-0.39, 0.29) is 17.0 Å². The van der Waals surface area contributed by atoms with Crippen LogP contribution >= 0.6 is 0 Å². The molecular weight excluding hydrogens is 230 g/mol. The second kappa shape index (κ2) is 4.83. The number of aromatic nitrogens is 2. The van der Waals surface area contributed by atoms with Crippen molar-refractivity contribution < 1.29 is 4.79 Å². The van der Waals surface area contributed by atoms with E-state index in [2.05, 4.69) is 9.97 Å². The first kappa shape index (κ1) is 12.0. The maximum atomic E-state index is 12.2. The highest BCUT2D eigenvalue weighted by Gasteiger charge is 2.15. The molecule has 0 aliphatic carbocycles. The van der Waals surface area contributed by atoms with Gasteiger partial charge in [0.1, 0.15) is 5.69 Å². The minimum absolute atomic E-state index is 0.0338. The highest BCUT2D eigenvalue weighted by atomic mass is 16.1. The minimum Gasteiger partial charge on any atom is -0.394 e. The molecule has 5 nitrogen and oxygen atoms in total. The third kappa shape index (κ3) is 2.15. The van der Waals surface area contributed by atoms with Crippen LogP contribution in [0.3, 0.4) is 0 Å². The van der Waals surface area contributed by atoms with Crippen LogP contribution in [-0.2, 0) is 6.42 Å². The lowest BCUT2D eigenvalue weighted by atomic mass is 10.0. The molecule has 0 atom stereocenters. The summed E-state index contributed by atoms with van der Waals surface area (Å²) < 4.78 is 0. The first-order valence-corrected chi connectivity index (χ1v) is 5.61. The van der Waals surface area contributed by atoms with Crippen LogP contribution in [0.25, 0.3) is 0 Å². The van der Waals surface area contributed by atoms with Crippen LogP contribution < -0.4 is 11.3 Å². The predicted octanol–water partition coefficient (Wildman–Crippen LogP) is 1.15. The van der Waals surface area contributed by atoms with Crippen molar-refractivity contribution >= 4 is 11.5 Å². The molecule has 2 aromatic rings. The summed E-state index contributed by atoms with van der Waals surface area (Å²) in [5.74, 6) is -0.240. The average molecular weight is 243 g/mol. The summed E-state index contributed by atoms with van der Waals surface area (Å²) >= 11 is 0. The summed E-state index contributed by atoms with van der Waals surface area (Å²) in [4.78, 5) is 30.3. The molecule has 0 aliphatic heterocycles. The van der Waals surface area contributed by atoms with E-state index in [9.17, 15) is 9.59 Å². The van der Waals surface area contributed by atoms with Gasteiger partial charge in [-0.05, 0) is 24.6 Å². The molecule has 0 aliphatic rings. The van der Waals surface area contributed by atoms with E-state index in [1.807, 2.05) is 6.92 Å². The quantitative estimate of drug-likeness (QED) is 0.791. The zero-order chi connectivity index (χ0) is 13.1. The number of pyridine rings is 2. The molecular formula is C13H13N3O2. The van der Waals surface area contributed by atoms with Crippen LogP contribution in [0.5, 0.6) is 0 Å². The number of hydrogen-bond donors (Lipinski definition) is 2. The fourth-order valence-corrected chi connectivity index (χ4v) is 1.70. The van der Waals surface area contributed by atoms with Crippen molar-refractivity contribution in [1.82, 2.24) is 9.97 Å². The Morgan fingerprint density at radius 1 is 1.44 bits per heavy atom. The van der Waals surface area contributed by atoms with Crippen molar-refractivity contribution in [3.8, 4) is 0 Å². The lowest BCUT2D eigenvalue weighted by Gasteiger charge is -2.07. The highest BCUT2D eigenvalue weighted by Crippen LogP contribution is 2.12. The number of aromatic amines is 1. The number of nitrogens with one attached hydrogen (secondary N) is 1. The topological polar surface area (TPSA) is 88.8 Å². The number of rotatable bonds is 3. The number of nitrogens with zero attached hydrogens (tertiary/aromatic N) is 1. The van der Waals surface area contributed by atoms with Gasteiger partial charge in [-0.15, -0.1) is 0 Å². The number of nitrogen functional groups attached to an aromatic ring is 1. The smallest absolute Gasteiger partial charge is 0.271 e. The van der Waals surface area contributed by atoms with Crippen molar-refractivity contribution in [1.29, 1.82) is 0 Å². The lowest BCUT2D eigenvalue weighted by Crippen LogP contribution is -2.18. The molecule has 0 aromatic carbocycles. The fourth-order valence-electron chi connectivity index (χ4n) is 1.70. The summed E-state index contributed by atoms with van der Waals surface area (Å²) in [6.07, 6.45) is 2.09. The number of ketones is 1. The van der Waals surface area contributed by atoms with E-state index < -0.39 is 0 Å². The molecule has 2 aromatic heterocycles. The summed E-state index contributed by atoms with van der Waals surface area (Å²) in [5, 5.41) is 0.